The Hall–Kier alpha value is -5.80. The van der Waals surface area contributed by atoms with Gasteiger partial charge in [-0.2, -0.15) is 0 Å². The van der Waals surface area contributed by atoms with Crippen LogP contribution in [-0.2, 0) is 6.42 Å². The lowest BCUT2D eigenvalue weighted by atomic mass is 9.86. The second-order valence-corrected chi connectivity index (χ2v) is 25.5. The zero-order chi connectivity index (χ0) is 63.4. The van der Waals surface area contributed by atoms with E-state index in [0.29, 0.717) is 83.2 Å². The predicted octanol–water partition coefficient (Wildman–Crippen LogP) is 25.1. The molecule has 14 heteroatoms. The van der Waals surface area contributed by atoms with E-state index in [1.807, 2.05) is 142 Å². The Morgan fingerprint density at radius 3 is 1.59 bits per heavy atom. The Bertz CT molecular complexity index is 3300. The molecular formula is C73H79Br2F7O3S2. The van der Waals surface area contributed by atoms with Gasteiger partial charge in [0.2, 0.25) is 0 Å². The largest absolute Gasteiger partial charge is 0.294 e. The summed E-state index contributed by atoms with van der Waals surface area (Å²) in [5.74, 6) is 0.100. The summed E-state index contributed by atoms with van der Waals surface area (Å²) >= 11 is 9.51. The van der Waals surface area contributed by atoms with Gasteiger partial charge in [-0.1, -0.05) is 196 Å². The van der Waals surface area contributed by atoms with Crippen molar-refractivity contribution in [2.24, 2.45) is 0 Å². The second kappa shape index (κ2) is 37.9. The van der Waals surface area contributed by atoms with Crippen molar-refractivity contribution >= 4 is 71.9 Å². The highest BCUT2D eigenvalue weighted by atomic mass is 79.9. The lowest BCUT2D eigenvalue weighted by Gasteiger charge is -2.20. The molecule has 2 heterocycles. The second-order valence-electron chi connectivity index (χ2n) is 21.4. The molecule has 6 aromatic carbocycles. The first kappa shape index (κ1) is 71.9. The fraction of sp³-hybridized carbons (Fsp3) is 0.356. The molecule has 0 aliphatic heterocycles. The maximum absolute atomic E-state index is 14.1. The molecule has 7 atom stereocenters. The van der Waals surface area contributed by atoms with Crippen LogP contribution < -0.4 is 0 Å². The molecule has 7 unspecified atom stereocenters. The number of hydrogen-bond donors (Lipinski definition) is 0. The number of thiophene rings is 2. The first-order valence-corrected chi connectivity index (χ1v) is 33.2. The van der Waals surface area contributed by atoms with E-state index in [1.54, 1.807) is 65.2 Å². The zero-order valence-corrected chi connectivity index (χ0v) is 55.1. The van der Waals surface area contributed by atoms with Crippen molar-refractivity contribution < 1.29 is 45.1 Å². The van der Waals surface area contributed by atoms with Crippen LogP contribution >= 0.6 is 54.5 Å². The summed E-state index contributed by atoms with van der Waals surface area (Å²) in [5.41, 5.74) is 9.45. The first-order chi connectivity index (χ1) is 41.8. The molecule has 0 saturated heterocycles. The minimum Gasteiger partial charge on any atom is -0.294 e. The lowest BCUT2D eigenvalue weighted by molar-refractivity contribution is 0.0943. The molecule has 0 saturated carbocycles. The highest BCUT2D eigenvalue weighted by Crippen LogP contribution is 2.38. The maximum Gasteiger partial charge on any atom is 0.193 e. The molecule has 11 rings (SSSR count). The van der Waals surface area contributed by atoms with Gasteiger partial charge in [-0.15, -0.1) is 22.7 Å². The molecule has 3 aliphatic carbocycles. The predicted molar refractivity (Wildman–Crippen MR) is 353 cm³/mol. The van der Waals surface area contributed by atoms with Crippen molar-refractivity contribution in [3.63, 3.8) is 0 Å². The van der Waals surface area contributed by atoms with Gasteiger partial charge in [-0.25, -0.2) is 30.7 Å². The molecule has 3 aliphatic rings. The van der Waals surface area contributed by atoms with Gasteiger partial charge >= 0.3 is 0 Å². The fourth-order valence-electron chi connectivity index (χ4n) is 9.72. The Labute approximate surface area is 535 Å². The van der Waals surface area contributed by atoms with E-state index in [0.717, 1.165) is 79.3 Å². The van der Waals surface area contributed by atoms with Crippen LogP contribution in [0.1, 0.15) is 240 Å². The number of ketones is 3. The standard InChI is InChI=1S/C15H11FO.C12H13FO.C10H14BrFS.2C10H13F.C8H8BrF.C8H7FOS/c16-14-9-10-5-1-2-6-11(10)15(17)13-8-4-3-7-12(13)14;1-7-5-9-10(6-8(7)2)12(14)4-3-11(9)13;1-2-3-4-5-9(12)8-6-7-13-10(8)11;2*1-2-6-10(11)9-7-4-3-5-8-9;1-6(10)7-3-2-4-8(9)5-7;9-6-1-2-7(10)5-3-4-11-8(5)6/h1-8,14H,9H2;5-6,11H,3-4H2,1-2H3;6-7,9H,2-5H2,1H3;2*3-5,7-8,10H,2,6H2,1H3;2-6H,1H3;3-4,6H,1-2H2. The summed E-state index contributed by atoms with van der Waals surface area (Å²) in [6.07, 6.45) is 2.50. The smallest absolute Gasteiger partial charge is 0.193 e. The van der Waals surface area contributed by atoms with Crippen LogP contribution in [0, 0.1) is 13.8 Å². The summed E-state index contributed by atoms with van der Waals surface area (Å²) in [7, 11) is 0. The number of aryl methyl sites for hydroxylation is 2. The normalized spacial score (nSPS) is 16.6. The third-order valence-electron chi connectivity index (χ3n) is 14.8. The third kappa shape index (κ3) is 22.6. The van der Waals surface area contributed by atoms with Crippen molar-refractivity contribution in [1.82, 2.24) is 0 Å². The van der Waals surface area contributed by atoms with E-state index in [-0.39, 0.29) is 23.8 Å². The van der Waals surface area contributed by atoms with Gasteiger partial charge in [0.1, 0.15) is 43.2 Å². The minimum atomic E-state index is -1.10. The molecule has 0 radical (unpaired) electrons. The molecule has 0 amide bonds. The van der Waals surface area contributed by atoms with E-state index in [4.69, 9.17) is 0 Å². The average molecular weight is 1360 g/mol. The molecular weight excluding hydrogens is 1280 g/mol. The number of rotatable bonds is 12. The van der Waals surface area contributed by atoms with Gasteiger partial charge < -0.3 is 0 Å². The summed E-state index contributed by atoms with van der Waals surface area (Å²) < 4.78 is 94.9. The topological polar surface area (TPSA) is 51.2 Å². The number of hydrogen-bond acceptors (Lipinski definition) is 5. The Morgan fingerprint density at radius 2 is 1.03 bits per heavy atom. The van der Waals surface area contributed by atoms with Gasteiger partial charge in [0.25, 0.3) is 0 Å². The van der Waals surface area contributed by atoms with Gasteiger partial charge in [-0.3, -0.25) is 14.4 Å². The van der Waals surface area contributed by atoms with E-state index in [9.17, 15) is 45.1 Å². The monoisotopic (exact) mass is 1360 g/mol. The first-order valence-electron chi connectivity index (χ1n) is 29.8. The van der Waals surface area contributed by atoms with Gasteiger partial charge in [0, 0.05) is 56.4 Å². The van der Waals surface area contributed by atoms with Crippen LogP contribution in [0.5, 0.6) is 0 Å². The summed E-state index contributed by atoms with van der Waals surface area (Å²) in [4.78, 5) is 35.6. The van der Waals surface area contributed by atoms with E-state index >= 15 is 0 Å². The van der Waals surface area contributed by atoms with Crippen molar-refractivity contribution in [3.8, 4) is 0 Å². The van der Waals surface area contributed by atoms with Crippen LogP contribution in [0.3, 0.4) is 0 Å². The Kier molecular flexibility index (Phi) is 31.3. The summed E-state index contributed by atoms with van der Waals surface area (Å²) in [6.45, 7) is 11.5. The van der Waals surface area contributed by atoms with Gasteiger partial charge in [-0.05, 0) is 154 Å². The number of unbranched alkanes of at least 4 members (excludes halogenated alkanes) is 2. The van der Waals surface area contributed by atoms with Crippen LogP contribution in [0.15, 0.2) is 177 Å². The molecule has 0 spiro atoms. The molecule has 2 aromatic heterocycles. The highest BCUT2D eigenvalue weighted by molar-refractivity contribution is 9.11. The van der Waals surface area contributed by atoms with Gasteiger partial charge in [0.15, 0.2) is 17.3 Å². The van der Waals surface area contributed by atoms with Crippen molar-refractivity contribution in [3.05, 3.63) is 254 Å². The van der Waals surface area contributed by atoms with Gasteiger partial charge in [0.05, 0.1) is 3.79 Å². The molecule has 8 aromatic rings. The number of fused-ring (bicyclic) bond motifs is 4. The van der Waals surface area contributed by atoms with Crippen LogP contribution in [0.2, 0.25) is 0 Å². The fourth-order valence-corrected chi connectivity index (χ4v) is 12.4. The average Bonchev–Trinajstić information content (AvgIpc) is 2.83. The van der Waals surface area contributed by atoms with Crippen molar-refractivity contribution in [2.75, 3.05) is 0 Å². The molecule has 0 bridgehead atoms. The number of carbonyl (C=O) groups excluding carboxylic acids is 3. The number of alkyl halides is 7. The Balaban J connectivity index is 0.000000187. The van der Waals surface area contributed by atoms with Crippen LogP contribution in [0.4, 0.5) is 30.7 Å². The van der Waals surface area contributed by atoms with Crippen LogP contribution in [0.25, 0.3) is 0 Å². The summed E-state index contributed by atoms with van der Waals surface area (Å²) in [6, 6.07) is 47.3. The molecule has 87 heavy (non-hydrogen) atoms. The van der Waals surface area contributed by atoms with Crippen molar-refractivity contribution in [2.45, 2.75) is 168 Å². The minimum absolute atomic E-state index is 0.0728. The highest BCUT2D eigenvalue weighted by Gasteiger charge is 2.28. The van der Waals surface area contributed by atoms with E-state index in [2.05, 4.69) is 38.8 Å². The number of carbonyl (C=O) groups is 3. The molecule has 0 N–H and O–H groups in total. The molecule has 3 nitrogen and oxygen atoms in total. The summed E-state index contributed by atoms with van der Waals surface area (Å²) in [5, 5.41) is 3.70. The zero-order valence-electron chi connectivity index (χ0n) is 50.3. The lowest BCUT2D eigenvalue weighted by Crippen LogP contribution is -2.13. The number of Topliss-reactive ketones (excluding diaryl/α,β-unsaturated/α-hetero) is 2. The maximum atomic E-state index is 14.1. The third-order valence-corrected chi connectivity index (χ3v) is 18.0. The van der Waals surface area contributed by atoms with Crippen LogP contribution in [-0.4, -0.2) is 17.3 Å². The van der Waals surface area contributed by atoms with E-state index in [1.165, 1.54) is 18.3 Å². The van der Waals surface area contributed by atoms with Crippen molar-refractivity contribution in [1.29, 1.82) is 0 Å². The quantitative estimate of drug-likeness (QED) is 0.0905. The number of benzene rings is 6. The molecule has 0 fully saturated rings. The number of halogens is 9. The van der Waals surface area contributed by atoms with E-state index < -0.39 is 43.2 Å². The molecule has 464 valence electrons. The SMILES string of the molecule is CC(F)c1cccc(Br)c1.CCCC(F)c1ccccc1.CCCC(F)c1ccccc1.CCCCCC(F)c1ccsc1Br.Cc1cc2c(cc1C)C(F)CCC2=O.O=C1CCC(F)c2sccc21.O=C1c2ccccc2CC(F)c2ccccc21. The Morgan fingerprint density at radius 1 is 0.494 bits per heavy atom.